The van der Waals surface area contributed by atoms with Crippen molar-refractivity contribution < 1.29 is 24.2 Å². The van der Waals surface area contributed by atoms with Crippen LogP contribution in [-0.2, 0) is 14.3 Å². The molecule has 2 N–H and O–H groups in total. The lowest BCUT2D eigenvalue weighted by atomic mass is 10.0. The molecular formula is C11H19NO5. The number of carbonyl (C=O) groups is 3. The van der Waals surface area contributed by atoms with Gasteiger partial charge >= 0.3 is 12.1 Å². The smallest absolute Gasteiger partial charge is 0.408 e. The number of hydrogen-bond acceptors (Lipinski definition) is 4. The van der Waals surface area contributed by atoms with Gasteiger partial charge in [-0.1, -0.05) is 13.8 Å². The lowest BCUT2D eigenvalue weighted by Gasteiger charge is -2.22. The van der Waals surface area contributed by atoms with Crippen molar-refractivity contribution in [2.75, 3.05) is 0 Å². The summed E-state index contributed by atoms with van der Waals surface area (Å²) in [5, 5.41) is 10.9. The molecule has 0 spiro atoms. The Hall–Kier alpha value is -1.59. The van der Waals surface area contributed by atoms with Gasteiger partial charge < -0.3 is 15.2 Å². The van der Waals surface area contributed by atoms with Crippen LogP contribution in [0.4, 0.5) is 4.79 Å². The molecule has 6 nitrogen and oxygen atoms in total. The summed E-state index contributed by atoms with van der Waals surface area (Å²) in [6.07, 6.45) is -0.918. The van der Waals surface area contributed by atoms with Crippen molar-refractivity contribution in [3.63, 3.8) is 0 Å². The van der Waals surface area contributed by atoms with Crippen molar-refractivity contribution in [3.05, 3.63) is 0 Å². The predicted octanol–water partition coefficient (Wildman–Crippen LogP) is 1.19. The molecule has 1 atom stereocenters. The second-order valence-corrected chi connectivity index (χ2v) is 4.97. The maximum atomic E-state index is 11.5. The fraction of sp³-hybridized carbons (Fsp3) is 0.727. The van der Waals surface area contributed by atoms with Crippen LogP contribution in [0.25, 0.3) is 0 Å². The summed E-state index contributed by atoms with van der Waals surface area (Å²) in [6, 6.07) is -1.56. The summed E-state index contributed by atoms with van der Waals surface area (Å²) < 4.78 is 4.88. The monoisotopic (exact) mass is 245 g/mol. The van der Waals surface area contributed by atoms with E-state index in [2.05, 4.69) is 0 Å². The van der Waals surface area contributed by atoms with Gasteiger partial charge in [0.25, 0.3) is 0 Å². The second kappa shape index (κ2) is 5.65. The van der Waals surface area contributed by atoms with Gasteiger partial charge in [0.05, 0.1) is 0 Å². The number of amides is 1. The number of carbonyl (C=O) groups excluding carboxylic acids is 2. The van der Waals surface area contributed by atoms with Gasteiger partial charge in [0.2, 0.25) is 0 Å². The summed E-state index contributed by atoms with van der Waals surface area (Å²) in [5.41, 5.74) is -0.742. The maximum Gasteiger partial charge on any atom is 0.408 e. The van der Waals surface area contributed by atoms with E-state index in [-0.39, 0.29) is 0 Å². The minimum Gasteiger partial charge on any atom is -0.479 e. The Labute approximate surface area is 100 Å². The Bertz CT molecular complexity index is 316. The number of ketones is 1. The standard InChI is InChI=1S/C11H19NO5/c1-6(2)8(13)7(9(14)15)12-10(16)17-11(3,4)5/h6-7H,1-5H3,(H,12,16)(H,14,15)/t7-/m1/s1. The molecule has 0 aromatic rings. The number of carboxylic acids is 1. The highest BCUT2D eigenvalue weighted by Crippen LogP contribution is 2.08. The average molecular weight is 245 g/mol. The minimum absolute atomic E-state index is 0.481. The summed E-state index contributed by atoms with van der Waals surface area (Å²) in [7, 11) is 0. The summed E-state index contributed by atoms with van der Waals surface area (Å²) in [4.78, 5) is 33.7. The van der Waals surface area contributed by atoms with Crippen LogP contribution in [0.2, 0.25) is 0 Å². The first-order chi connectivity index (χ1) is 7.54. The molecule has 17 heavy (non-hydrogen) atoms. The van der Waals surface area contributed by atoms with Gasteiger partial charge in [-0.15, -0.1) is 0 Å². The third kappa shape index (κ3) is 5.89. The van der Waals surface area contributed by atoms with Crippen LogP contribution in [0.3, 0.4) is 0 Å². The van der Waals surface area contributed by atoms with E-state index in [0.29, 0.717) is 0 Å². The minimum atomic E-state index is -1.56. The number of aliphatic carboxylic acids is 1. The van der Waals surface area contributed by atoms with Gasteiger partial charge in [-0.2, -0.15) is 0 Å². The van der Waals surface area contributed by atoms with Crippen LogP contribution in [0.1, 0.15) is 34.6 Å². The molecule has 0 aromatic carbocycles. The van der Waals surface area contributed by atoms with Crippen LogP contribution in [0.5, 0.6) is 0 Å². The maximum absolute atomic E-state index is 11.5. The molecule has 0 unspecified atom stereocenters. The molecule has 0 radical (unpaired) electrons. The lowest BCUT2D eigenvalue weighted by Crippen LogP contribution is -2.49. The number of alkyl carbamates (subject to hydrolysis) is 1. The number of carboxylic acid groups (broad SMARTS) is 1. The Morgan fingerprint density at radius 1 is 1.18 bits per heavy atom. The van der Waals surface area contributed by atoms with Crippen molar-refractivity contribution in [3.8, 4) is 0 Å². The van der Waals surface area contributed by atoms with Gasteiger partial charge in [-0.05, 0) is 20.8 Å². The number of Topliss-reactive ketones (excluding diaryl/α,β-unsaturated/α-hetero) is 1. The first kappa shape index (κ1) is 15.4. The van der Waals surface area contributed by atoms with E-state index in [4.69, 9.17) is 9.84 Å². The third-order valence-corrected chi connectivity index (χ3v) is 1.76. The number of rotatable bonds is 4. The zero-order chi connectivity index (χ0) is 13.8. The Kier molecular flexibility index (Phi) is 5.12. The normalized spacial score (nSPS) is 13.1. The lowest BCUT2D eigenvalue weighted by molar-refractivity contribution is -0.144. The van der Waals surface area contributed by atoms with Gasteiger partial charge in [-0.3, -0.25) is 4.79 Å². The first-order valence-electron chi connectivity index (χ1n) is 5.30. The van der Waals surface area contributed by atoms with E-state index in [1.54, 1.807) is 34.6 Å². The molecule has 98 valence electrons. The van der Waals surface area contributed by atoms with E-state index in [9.17, 15) is 14.4 Å². The Balaban J connectivity index is 4.63. The summed E-state index contributed by atoms with van der Waals surface area (Å²) in [6.45, 7) is 8.07. The highest BCUT2D eigenvalue weighted by Gasteiger charge is 2.31. The van der Waals surface area contributed by atoms with E-state index in [0.717, 1.165) is 0 Å². The quantitative estimate of drug-likeness (QED) is 0.726. The van der Waals surface area contributed by atoms with Gasteiger partial charge in [0.15, 0.2) is 11.8 Å². The van der Waals surface area contributed by atoms with E-state index >= 15 is 0 Å². The molecular weight excluding hydrogens is 226 g/mol. The van der Waals surface area contributed by atoms with E-state index in [1.165, 1.54) is 0 Å². The zero-order valence-electron chi connectivity index (χ0n) is 10.7. The molecule has 0 aliphatic carbocycles. The highest BCUT2D eigenvalue weighted by atomic mass is 16.6. The van der Waals surface area contributed by atoms with Crippen molar-refractivity contribution >= 4 is 17.8 Å². The Morgan fingerprint density at radius 2 is 1.65 bits per heavy atom. The van der Waals surface area contributed by atoms with Crippen LogP contribution in [0.15, 0.2) is 0 Å². The largest absolute Gasteiger partial charge is 0.479 e. The van der Waals surface area contributed by atoms with Crippen LogP contribution < -0.4 is 5.32 Å². The summed E-state index contributed by atoms with van der Waals surface area (Å²) in [5.74, 6) is -2.44. The van der Waals surface area contributed by atoms with Crippen molar-refractivity contribution in [2.45, 2.75) is 46.3 Å². The predicted molar refractivity (Wildman–Crippen MR) is 60.6 cm³/mol. The summed E-state index contributed by atoms with van der Waals surface area (Å²) >= 11 is 0. The highest BCUT2D eigenvalue weighted by molar-refractivity contribution is 6.05. The number of nitrogens with one attached hydrogen (secondary N) is 1. The molecule has 0 aliphatic heterocycles. The molecule has 0 heterocycles. The zero-order valence-corrected chi connectivity index (χ0v) is 10.7. The molecule has 0 aliphatic rings. The van der Waals surface area contributed by atoms with E-state index in [1.807, 2.05) is 5.32 Å². The molecule has 1 amide bonds. The molecule has 0 bridgehead atoms. The first-order valence-corrected chi connectivity index (χ1v) is 5.30. The fourth-order valence-electron chi connectivity index (χ4n) is 1.01. The fourth-order valence-corrected chi connectivity index (χ4v) is 1.01. The van der Waals surface area contributed by atoms with Gasteiger partial charge in [0, 0.05) is 5.92 Å². The van der Waals surface area contributed by atoms with Crippen LogP contribution >= 0.6 is 0 Å². The number of hydrogen-bond donors (Lipinski definition) is 2. The van der Waals surface area contributed by atoms with Crippen molar-refractivity contribution in [1.29, 1.82) is 0 Å². The molecule has 0 saturated carbocycles. The topological polar surface area (TPSA) is 92.7 Å². The van der Waals surface area contributed by atoms with Crippen LogP contribution in [-0.4, -0.2) is 34.6 Å². The molecule has 0 rings (SSSR count). The SMILES string of the molecule is CC(C)C(=O)[C@@H](NC(=O)OC(C)(C)C)C(=O)O. The van der Waals surface area contributed by atoms with Crippen molar-refractivity contribution in [1.82, 2.24) is 5.32 Å². The third-order valence-electron chi connectivity index (χ3n) is 1.76. The van der Waals surface area contributed by atoms with Gasteiger partial charge in [0.1, 0.15) is 5.60 Å². The molecule has 6 heteroatoms. The molecule has 0 saturated heterocycles. The van der Waals surface area contributed by atoms with Crippen molar-refractivity contribution in [2.24, 2.45) is 5.92 Å². The van der Waals surface area contributed by atoms with Crippen LogP contribution in [0, 0.1) is 5.92 Å². The number of ether oxygens (including phenoxy) is 1. The van der Waals surface area contributed by atoms with Gasteiger partial charge in [-0.25, -0.2) is 9.59 Å². The second-order valence-electron chi connectivity index (χ2n) is 4.97. The van der Waals surface area contributed by atoms with E-state index < -0.39 is 35.4 Å². The molecule has 0 aromatic heterocycles. The molecule has 0 fully saturated rings. The average Bonchev–Trinajstić information content (AvgIpc) is 2.09. The Morgan fingerprint density at radius 3 is 1.94 bits per heavy atom.